The van der Waals surface area contributed by atoms with Gasteiger partial charge in [-0.25, -0.2) is 9.80 Å². The zero-order valence-corrected chi connectivity index (χ0v) is 11.2. The van der Waals surface area contributed by atoms with Crippen LogP contribution in [-0.2, 0) is 4.74 Å². The fourth-order valence-electron chi connectivity index (χ4n) is 1.05. The number of hydrazone groups is 1. The zero-order valence-electron chi connectivity index (χ0n) is 10.3. The Hall–Kier alpha value is -1.82. The summed E-state index contributed by atoms with van der Waals surface area (Å²) in [6.45, 7) is 1.99. The van der Waals surface area contributed by atoms with Crippen LogP contribution >= 0.6 is 12.6 Å². The Balaban J connectivity index is 2.62. The van der Waals surface area contributed by atoms with Gasteiger partial charge >= 0.3 is 6.09 Å². The molecule has 0 aromatic heterocycles. The maximum Gasteiger partial charge on any atom is 0.436 e. The highest BCUT2D eigenvalue weighted by atomic mass is 32.1. The number of amidine groups is 1. The molecule has 0 bridgehead atoms. The standard InChI is InChI=1S/C12H15N3O2S/c1-3-17-12(16)14-11(18)15(2)13-9-10-7-5-4-6-8-10/h4-9H,3H2,1-2H3,(H,14,16,18). The topological polar surface area (TPSA) is 54.3 Å². The van der Waals surface area contributed by atoms with Crippen molar-refractivity contribution in [3.63, 3.8) is 0 Å². The van der Waals surface area contributed by atoms with Crippen LogP contribution in [0.5, 0.6) is 0 Å². The molecule has 0 aliphatic carbocycles. The molecule has 0 saturated heterocycles. The van der Waals surface area contributed by atoms with E-state index in [1.165, 1.54) is 5.01 Å². The minimum absolute atomic E-state index is 0.167. The molecule has 0 heterocycles. The monoisotopic (exact) mass is 265 g/mol. The van der Waals surface area contributed by atoms with Crippen molar-refractivity contribution in [2.45, 2.75) is 6.92 Å². The van der Waals surface area contributed by atoms with E-state index in [1.807, 2.05) is 30.3 Å². The predicted octanol–water partition coefficient (Wildman–Crippen LogP) is 2.39. The van der Waals surface area contributed by atoms with Crippen molar-refractivity contribution in [2.75, 3.05) is 13.7 Å². The fourth-order valence-corrected chi connectivity index (χ4v) is 1.19. The highest BCUT2D eigenvalue weighted by Crippen LogP contribution is 1.99. The minimum Gasteiger partial charge on any atom is -0.448 e. The predicted molar refractivity (Wildman–Crippen MR) is 75.2 cm³/mol. The van der Waals surface area contributed by atoms with Gasteiger partial charge in [0.25, 0.3) is 0 Å². The van der Waals surface area contributed by atoms with Gasteiger partial charge in [0.1, 0.15) is 0 Å². The highest BCUT2D eigenvalue weighted by Gasteiger charge is 2.03. The number of carbonyl (C=O) groups excluding carboxylic acids is 1. The summed E-state index contributed by atoms with van der Waals surface area (Å²) in [6.07, 6.45) is 0.973. The van der Waals surface area contributed by atoms with Gasteiger partial charge in [0, 0.05) is 7.05 Å². The lowest BCUT2D eigenvalue weighted by molar-refractivity contribution is 0.163. The fraction of sp³-hybridized carbons (Fsp3) is 0.250. The van der Waals surface area contributed by atoms with E-state index in [9.17, 15) is 4.79 Å². The summed E-state index contributed by atoms with van der Waals surface area (Å²) in [6, 6.07) is 9.58. The maximum atomic E-state index is 11.1. The minimum atomic E-state index is -0.677. The second kappa shape index (κ2) is 7.50. The van der Waals surface area contributed by atoms with Crippen molar-refractivity contribution in [3.05, 3.63) is 35.9 Å². The number of thiol groups is 1. The molecule has 18 heavy (non-hydrogen) atoms. The van der Waals surface area contributed by atoms with Crippen molar-refractivity contribution in [2.24, 2.45) is 10.1 Å². The molecule has 0 radical (unpaired) electrons. The largest absolute Gasteiger partial charge is 0.448 e. The van der Waals surface area contributed by atoms with Gasteiger partial charge < -0.3 is 4.74 Å². The van der Waals surface area contributed by atoms with E-state index in [1.54, 1.807) is 20.2 Å². The summed E-state index contributed by atoms with van der Waals surface area (Å²) in [7, 11) is 1.64. The molecule has 6 heteroatoms. The van der Waals surface area contributed by atoms with Gasteiger partial charge in [-0.05, 0) is 12.5 Å². The lowest BCUT2D eigenvalue weighted by atomic mass is 10.2. The normalized spacial score (nSPS) is 11.6. The highest BCUT2D eigenvalue weighted by molar-refractivity contribution is 7.96. The first-order valence-electron chi connectivity index (χ1n) is 5.40. The van der Waals surface area contributed by atoms with Crippen LogP contribution in [0.15, 0.2) is 40.4 Å². The van der Waals surface area contributed by atoms with Crippen molar-refractivity contribution in [1.29, 1.82) is 0 Å². The molecule has 1 amide bonds. The number of nitrogens with zero attached hydrogens (tertiary/aromatic N) is 3. The summed E-state index contributed by atoms with van der Waals surface area (Å²) in [5.74, 6) is 0. The number of amides is 1. The van der Waals surface area contributed by atoms with Crippen LogP contribution in [0.1, 0.15) is 12.5 Å². The number of carbonyl (C=O) groups is 1. The van der Waals surface area contributed by atoms with Crippen molar-refractivity contribution >= 4 is 30.1 Å². The van der Waals surface area contributed by atoms with Crippen LogP contribution in [0, 0.1) is 0 Å². The summed E-state index contributed by atoms with van der Waals surface area (Å²) in [5, 5.41) is 5.65. The van der Waals surface area contributed by atoms with E-state index < -0.39 is 6.09 Å². The smallest absolute Gasteiger partial charge is 0.436 e. The SMILES string of the molecule is CCOC(=O)N=C(S)N(C)N=Cc1ccccc1. The second-order valence-corrected chi connectivity index (χ2v) is 3.69. The number of aliphatic imine (C=N–C) groups is 1. The van der Waals surface area contributed by atoms with Gasteiger partial charge in [0.2, 0.25) is 0 Å². The van der Waals surface area contributed by atoms with E-state index in [0.29, 0.717) is 0 Å². The summed E-state index contributed by atoms with van der Waals surface area (Å²) in [5.41, 5.74) is 0.946. The van der Waals surface area contributed by atoms with Gasteiger partial charge in [-0.15, -0.1) is 17.6 Å². The zero-order chi connectivity index (χ0) is 13.4. The Kier molecular flexibility index (Phi) is 5.93. The number of benzene rings is 1. The number of rotatable bonds is 3. The van der Waals surface area contributed by atoms with E-state index in [2.05, 4.69) is 27.5 Å². The average Bonchev–Trinajstić information content (AvgIpc) is 2.37. The average molecular weight is 265 g/mol. The number of ether oxygens (including phenoxy) is 1. The quantitative estimate of drug-likeness (QED) is 0.395. The molecule has 0 aliphatic heterocycles. The first-order valence-corrected chi connectivity index (χ1v) is 5.85. The third-order valence-electron chi connectivity index (χ3n) is 1.93. The summed E-state index contributed by atoms with van der Waals surface area (Å²) >= 11 is 4.06. The van der Waals surface area contributed by atoms with Crippen molar-refractivity contribution < 1.29 is 9.53 Å². The molecule has 0 atom stereocenters. The lowest BCUT2D eigenvalue weighted by Gasteiger charge is -2.10. The van der Waals surface area contributed by atoms with E-state index in [-0.39, 0.29) is 11.8 Å². The Morgan fingerprint density at radius 1 is 1.44 bits per heavy atom. The Bertz CT molecular complexity index is 446. The van der Waals surface area contributed by atoms with Gasteiger partial charge in [-0.1, -0.05) is 30.3 Å². The third kappa shape index (κ3) is 5.01. The van der Waals surface area contributed by atoms with Crippen LogP contribution < -0.4 is 0 Å². The molecule has 5 nitrogen and oxygen atoms in total. The van der Waals surface area contributed by atoms with Crippen molar-refractivity contribution in [3.8, 4) is 0 Å². The molecule has 0 N–H and O–H groups in total. The van der Waals surface area contributed by atoms with E-state index in [0.717, 1.165) is 5.56 Å². The third-order valence-corrected chi connectivity index (χ3v) is 2.32. The maximum absolute atomic E-state index is 11.1. The first-order chi connectivity index (χ1) is 8.63. The Morgan fingerprint density at radius 3 is 2.72 bits per heavy atom. The number of hydrogen-bond donors (Lipinski definition) is 1. The van der Waals surface area contributed by atoms with Gasteiger partial charge in [0.05, 0.1) is 12.8 Å². The second-order valence-electron chi connectivity index (χ2n) is 3.29. The van der Waals surface area contributed by atoms with E-state index >= 15 is 0 Å². The van der Waals surface area contributed by atoms with Gasteiger partial charge in [0.15, 0.2) is 5.17 Å². The van der Waals surface area contributed by atoms with Gasteiger partial charge in [-0.3, -0.25) is 0 Å². The lowest BCUT2D eigenvalue weighted by Crippen LogP contribution is -2.18. The summed E-state index contributed by atoms with van der Waals surface area (Å²) in [4.78, 5) is 14.7. The molecule has 0 aliphatic rings. The molecular weight excluding hydrogens is 250 g/mol. The van der Waals surface area contributed by atoms with Crippen LogP contribution in [0.3, 0.4) is 0 Å². The Labute approximate surface area is 112 Å². The molecule has 0 spiro atoms. The molecule has 0 fully saturated rings. The summed E-state index contributed by atoms with van der Waals surface area (Å²) < 4.78 is 4.67. The van der Waals surface area contributed by atoms with Crippen LogP contribution in [0.2, 0.25) is 0 Å². The molecule has 0 unspecified atom stereocenters. The van der Waals surface area contributed by atoms with Crippen LogP contribution in [0.4, 0.5) is 4.79 Å². The molecule has 1 aromatic rings. The van der Waals surface area contributed by atoms with E-state index in [4.69, 9.17) is 0 Å². The molecule has 0 saturated carbocycles. The van der Waals surface area contributed by atoms with Crippen LogP contribution in [-0.4, -0.2) is 36.1 Å². The molecule has 1 rings (SSSR count). The first kappa shape index (κ1) is 14.2. The van der Waals surface area contributed by atoms with Crippen molar-refractivity contribution in [1.82, 2.24) is 5.01 Å². The molecule has 96 valence electrons. The van der Waals surface area contributed by atoms with Gasteiger partial charge in [-0.2, -0.15) is 5.10 Å². The number of hydrogen-bond acceptors (Lipinski definition) is 3. The Morgan fingerprint density at radius 2 is 2.11 bits per heavy atom. The van der Waals surface area contributed by atoms with Crippen LogP contribution in [0.25, 0.3) is 0 Å². The molecular formula is C12H15N3O2S. The molecule has 1 aromatic carbocycles.